The van der Waals surface area contributed by atoms with E-state index in [4.69, 9.17) is 4.98 Å². The lowest BCUT2D eigenvalue weighted by molar-refractivity contribution is 0.627. The maximum Gasteiger partial charge on any atom is 0.138 e. The van der Waals surface area contributed by atoms with Crippen molar-refractivity contribution in [1.82, 2.24) is 4.98 Å². The Morgan fingerprint density at radius 3 is 1.68 bits per heavy atom. The molecule has 0 bridgehead atoms. The van der Waals surface area contributed by atoms with Crippen LogP contribution in [-0.2, 0) is 0 Å². The van der Waals surface area contributed by atoms with Crippen LogP contribution in [0.15, 0.2) is 133 Å². The van der Waals surface area contributed by atoms with Crippen molar-refractivity contribution < 1.29 is 8.78 Å². The Kier molecular flexibility index (Phi) is 5.91. The molecule has 1 heterocycles. The van der Waals surface area contributed by atoms with Gasteiger partial charge in [0.2, 0.25) is 0 Å². The predicted octanol–water partition coefficient (Wildman–Crippen LogP) is 9.32. The molecule has 0 amide bonds. The van der Waals surface area contributed by atoms with Crippen LogP contribution in [0.2, 0.25) is 0 Å². The van der Waals surface area contributed by atoms with Gasteiger partial charge in [-0.3, -0.25) is 4.90 Å². The minimum atomic E-state index is -0.377. The van der Waals surface area contributed by atoms with Gasteiger partial charge in [-0.05, 0) is 82.9 Å². The Morgan fingerprint density at radius 1 is 0.486 bits per heavy atom. The highest BCUT2D eigenvalue weighted by Gasteiger charge is 2.17. The fraction of sp³-hybridized carbons (Fsp3) is 0. The summed E-state index contributed by atoms with van der Waals surface area (Å²) in [6.45, 7) is 0. The third-order valence-electron chi connectivity index (χ3n) is 6.35. The number of nitrogens with zero attached hydrogens (tertiary/aromatic N) is 2. The molecule has 2 nitrogen and oxygen atoms in total. The van der Waals surface area contributed by atoms with Gasteiger partial charge in [-0.25, -0.2) is 13.8 Å². The molecule has 178 valence electrons. The first-order chi connectivity index (χ1) is 18.2. The summed E-state index contributed by atoms with van der Waals surface area (Å²) >= 11 is 0. The molecule has 6 rings (SSSR count). The van der Waals surface area contributed by atoms with Gasteiger partial charge in [0.15, 0.2) is 0 Å². The molecule has 6 aromatic rings. The van der Waals surface area contributed by atoms with E-state index in [-0.39, 0.29) is 11.6 Å². The highest BCUT2D eigenvalue weighted by Crippen LogP contribution is 2.38. The van der Waals surface area contributed by atoms with Gasteiger partial charge in [-0.1, -0.05) is 72.8 Å². The summed E-state index contributed by atoms with van der Waals surface area (Å²) in [6, 6.07) is 41.0. The molecule has 0 saturated heterocycles. The smallest absolute Gasteiger partial charge is 0.138 e. The number of pyridine rings is 1. The summed E-state index contributed by atoms with van der Waals surface area (Å²) in [5, 5.41) is 0.994. The standard InChI is InChI=1S/C33H22F2N2/c34-26-13-7-15-28(21-26)37(29-16-8-14-27(35)22-29)33-18-17-30-31(24-11-5-2-6-12-24)19-25(20-32(30)36-33)23-9-3-1-4-10-23/h1-22H. The van der Waals surface area contributed by atoms with Crippen LogP contribution in [0.1, 0.15) is 0 Å². The van der Waals surface area contributed by atoms with Crippen LogP contribution in [0, 0.1) is 11.6 Å². The molecule has 0 atom stereocenters. The minimum Gasteiger partial charge on any atom is -0.295 e. The summed E-state index contributed by atoms with van der Waals surface area (Å²) < 4.78 is 28.5. The van der Waals surface area contributed by atoms with E-state index in [2.05, 4.69) is 36.4 Å². The summed E-state index contributed by atoms with van der Waals surface area (Å²) in [5.74, 6) is -0.192. The average molecular weight is 485 g/mol. The van der Waals surface area contributed by atoms with E-state index in [1.54, 1.807) is 29.2 Å². The highest BCUT2D eigenvalue weighted by molar-refractivity contribution is 5.99. The van der Waals surface area contributed by atoms with Crippen LogP contribution in [-0.4, -0.2) is 4.98 Å². The zero-order chi connectivity index (χ0) is 25.2. The number of fused-ring (bicyclic) bond motifs is 1. The van der Waals surface area contributed by atoms with Gasteiger partial charge in [-0.15, -0.1) is 0 Å². The van der Waals surface area contributed by atoms with Crippen molar-refractivity contribution in [3.8, 4) is 22.3 Å². The molecule has 0 spiro atoms. The van der Waals surface area contributed by atoms with E-state index in [1.165, 1.54) is 24.3 Å². The third-order valence-corrected chi connectivity index (χ3v) is 6.35. The van der Waals surface area contributed by atoms with Crippen molar-refractivity contribution in [2.24, 2.45) is 0 Å². The molecule has 0 saturated carbocycles. The van der Waals surface area contributed by atoms with Crippen LogP contribution < -0.4 is 4.90 Å². The van der Waals surface area contributed by atoms with Gasteiger partial charge in [0.1, 0.15) is 17.5 Å². The summed E-state index contributed by atoms with van der Waals surface area (Å²) in [6.07, 6.45) is 0. The monoisotopic (exact) mass is 484 g/mol. The molecular weight excluding hydrogens is 462 g/mol. The first-order valence-electron chi connectivity index (χ1n) is 12.0. The second-order valence-corrected chi connectivity index (χ2v) is 8.79. The Labute approximate surface area is 214 Å². The van der Waals surface area contributed by atoms with E-state index in [0.29, 0.717) is 17.2 Å². The van der Waals surface area contributed by atoms with Gasteiger partial charge in [0, 0.05) is 5.39 Å². The van der Waals surface area contributed by atoms with Gasteiger partial charge in [-0.2, -0.15) is 0 Å². The second kappa shape index (κ2) is 9.67. The predicted molar refractivity (Wildman–Crippen MR) is 147 cm³/mol. The van der Waals surface area contributed by atoms with Crippen LogP contribution in [0.5, 0.6) is 0 Å². The van der Waals surface area contributed by atoms with E-state index in [1.807, 2.05) is 48.5 Å². The number of halogens is 2. The van der Waals surface area contributed by atoms with E-state index in [0.717, 1.165) is 33.2 Å². The molecule has 0 aliphatic heterocycles. The number of hydrogen-bond acceptors (Lipinski definition) is 2. The van der Waals surface area contributed by atoms with Gasteiger partial charge < -0.3 is 0 Å². The van der Waals surface area contributed by atoms with Crippen molar-refractivity contribution in [2.45, 2.75) is 0 Å². The van der Waals surface area contributed by atoms with Crippen LogP contribution in [0.3, 0.4) is 0 Å². The lowest BCUT2D eigenvalue weighted by atomic mass is 9.95. The average Bonchev–Trinajstić information content (AvgIpc) is 2.93. The number of aromatic nitrogens is 1. The van der Waals surface area contributed by atoms with Crippen molar-refractivity contribution >= 4 is 28.1 Å². The summed E-state index contributed by atoms with van der Waals surface area (Å²) in [7, 11) is 0. The minimum absolute atomic E-state index is 0.377. The molecule has 0 unspecified atom stereocenters. The Bertz CT molecular complexity index is 1650. The Balaban J connectivity index is 1.59. The van der Waals surface area contributed by atoms with E-state index >= 15 is 0 Å². The largest absolute Gasteiger partial charge is 0.295 e. The Morgan fingerprint density at radius 2 is 1.08 bits per heavy atom. The normalized spacial score (nSPS) is 11.0. The summed E-state index contributed by atoms with van der Waals surface area (Å²) in [5.41, 5.74) is 6.18. The lowest BCUT2D eigenvalue weighted by Gasteiger charge is -2.25. The molecule has 5 aromatic carbocycles. The molecule has 0 aliphatic carbocycles. The van der Waals surface area contributed by atoms with E-state index < -0.39 is 0 Å². The van der Waals surface area contributed by atoms with Crippen molar-refractivity contribution in [3.05, 3.63) is 145 Å². The number of rotatable bonds is 5. The Hall–Kier alpha value is -4.83. The molecule has 0 radical (unpaired) electrons. The number of anilines is 3. The molecule has 0 N–H and O–H groups in total. The topological polar surface area (TPSA) is 16.1 Å². The molecule has 37 heavy (non-hydrogen) atoms. The van der Waals surface area contributed by atoms with E-state index in [9.17, 15) is 8.78 Å². The van der Waals surface area contributed by atoms with Gasteiger partial charge in [0.05, 0.1) is 16.9 Å². The van der Waals surface area contributed by atoms with Crippen LogP contribution in [0.4, 0.5) is 26.0 Å². The van der Waals surface area contributed by atoms with Crippen molar-refractivity contribution in [3.63, 3.8) is 0 Å². The highest BCUT2D eigenvalue weighted by atomic mass is 19.1. The fourth-order valence-corrected chi connectivity index (χ4v) is 4.65. The number of hydrogen-bond donors (Lipinski definition) is 0. The molecule has 0 fully saturated rings. The molecule has 1 aromatic heterocycles. The maximum atomic E-state index is 14.3. The quantitative estimate of drug-likeness (QED) is 0.242. The third kappa shape index (κ3) is 4.57. The maximum absolute atomic E-state index is 14.3. The van der Waals surface area contributed by atoms with Crippen LogP contribution >= 0.6 is 0 Å². The van der Waals surface area contributed by atoms with Crippen molar-refractivity contribution in [2.75, 3.05) is 4.90 Å². The first kappa shape index (κ1) is 22.6. The first-order valence-corrected chi connectivity index (χ1v) is 12.0. The summed E-state index contributed by atoms with van der Waals surface area (Å²) in [4.78, 5) is 6.81. The zero-order valence-electron chi connectivity index (χ0n) is 19.9. The molecule has 0 aliphatic rings. The SMILES string of the molecule is Fc1cccc(N(c2cccc(F)c2)c2ccc3c(-c4ccccc4)cc(-c4ccccc4)cc3n2)c1. The molecular formula is C33H22F2N2. The van der Waals surface area contributed by atoms with Crippen molar-refractivity contribution in [1.29, 1.82) is 0 Å². The van der Waals surface area contributed by atoms with Gasteiger partial charge >= 0.3 is 0 Å². The lowest BCUT2D eigenvalue weighted by Crippen LogP contribution is -2.12. The van der Waals surface area contributed by atoms with Gasteiger partial charge in [0.25, 0.3) is 0 Å². The van der Waals surface area contributed by atoms with Crippen LogP contribution in [0.25, 0.3) is 33.2 Å². The number of benzene rings is 5. The molecule has 4 heteroatoms. The fourth-order valence-electron chi connectivity index (χ4n) is 4.65. The second-order valence-electron chi connectivity index (χ2n) is 8.79. The zero-order valence-corrected chi connectivity index (χ0v) is 19.9.